The standard InChI is InChI=1S/C38H35Cl2NO7.C26H31NO6.C12H8Cl2O3/c1-5-45-34(42)11-8-14-41-31-19-33-28(18-25(31)21(2)20-37(41,3)4)38(26-10-7-6-9-24(26)36(44)48-38)27-13-12-22(17-32(27)47-33)46-23-15-29(39)35(43)30(40)16-23;1-5-33-23(29)11-8-12-27-21-14-22(28)20(13-19(21)16(2)15-26(27,3)4)24(30)17-9-6-7-10-18(17)25(31)32;13-10-5-9(6-11(14)12(10)16)17-8-3-1-2-7(15)4-8/h6-7,9-10,12-13,15-19,21,43H,5,8,11,14,20H2,1-4H3;6-7,9-10,13-14,16,28H,5,8,11-12,15H2,1-4H3,(H,31,32);1-6,15-16H. The van der Waals surface area contributed by atoms with Crippen molar-refractivity contribution < 1.29 is 77.9 Å². The summed E-state index contributed by atoms with van der Waals surface area (Å²) in [5.41, 5.74) is 4.88. The molecular weight excluding hydrogens is 1340 g/mol. The molecule has 0 fully saturated rings. The lowest BCUT2D eigenvalue weighted by Gasteiger charge is -2.48. The maximum absolute atomic E-state index is 13.5. The number of aromatic carboxylic acids is 1. The van der Waals surface area contributed by atoms with Crippen molar-refractivity contribution in [3.63, 3.8) is 0 Å². The van der Waals surface area contributed by atoms with Gasteiger partial charge in [-0.05, 0) is 139 Å². The summed E-state index contributed by atoms with van der Waals surface area (Å²) >= 11 is 23.8. The second kappa shape index (κ2) is 29.4. The highest BCUT2D eigenvalue weighted by atomic mass is 35.5. The summed E-state index contributed by atoms with van der Waals surface area (Å²) in [5, 5.41) is 49.3. The first kappa shape index (κ1) is 71.4. The number of anilines is 2. The van der Waals surface area contributed by atoms with Gasteiger partial charge in [-0.2, -0.15) is 0 Å². The van der Waals surface area contributed by atoms with Crippen LogP contribution in [-0.4, -0.2) is 92.6 Å². The molecule has 4 heterocycles. The van der Waals surface area contributed by atoms with Crippen LogP contribution >= 0.6 is 46.4 Å². The van der Waals surface area contributed by atoms with Gasteiger partial charge in [-0.15, -0.1) is 0 Å². The predicted octanol–water partition coefficient (Wildman–Crippen LogP) is 18.4. The van der Waals surface area contributed by atoms with E-state index in [4.69, 9.17) is 74.8 Å². The second-order valence-corrected chi connectivity index (χ2v) is 27.1. The number of benzene rings is 8. The normalized spacial score (nSPS) is 17.1. The number of hydrogen-bond acceptors (Lipinski definition) is 17. The summed E-state index contributed by atoms with van der Waals surface area (Å²) in [5.74, 6) is -0.167. The van der Waals surface area contributed by atoms with Gasteiger partial charge in [0.05, 0.1) is 50.0 Å². The number of nitrogens with zero attached hydrogens (tertiary/aromatic N) is 2. The van der Waals surface area contributed by atoms with Crippen LogP contribution in [0.4, 0.5) is 11.4 Å². The van der Waals surface area contributed by atoms with Gasteiger partial charge in [0, 0.05) is 119 Å². The monoisotopic (exact) mass is 1410 g/mol. The van der Waals surface area contributed by atoms with Crippen molar-refractivity contribution in [2.24, 2.45) is 0 Å². The van der Waals surface area contributed by atoms with Gasteiger partial charge in [0.2, 0.25) is 0 Å². The first-order chi connectivity index (χ1) is 46.5. The van der Waals surface area contributed by atoms with E-state index in [0.29, 0.717) is 97.6 Å². The number of carbonyl (C=O) groups excluding carboxylic acids is 4. The number of fused-ring (bicyclic) bond motifs is 8. The molecule has 98 heavy (non-hydrogen) atoms. The molecule has 0 radical (unpaired) electrons. The Labute approximate surface area is 587 Å². The predicted molar refractivity (Wildman–Crippen MR) is 375 cm³/mol. The molecular formula is C76H74Cl4N2O16. The maximum atomic E-state index is 13.5. The van der Waals surface area contributed by atoms with Crippen LogP contribution in [0.1, 0.15) is 170 Å². The van der Waals surface area contributed by atoms with E-state index in [1.54, 1.807) is 61.5 Å². The molecule has 18 nitrogen and oxygen atoms in total. The summed E-state index contributed by atoms with van der Waals surface area (Å²) < 4.78 is 34.9. The Morgan fingerprint density at radius 1 is 0.541 bits per heavy atom. The number of ketones is 1. The lowest BCUT2D eigenvalue weighted by molar-refractivity contribution is -0.144. The Balaban J connectivity index is 0.000000179. The van der Waals surface area contributed by atoms with Crippen LogP contribution in [0.15, 0.2) is 140 Å². The molecule has 0 bridgehead atoms. The molecule has 8 aromatic carbocycles. The molecule has 3 unspecified atom stereocenters. The Hall–Kier alpha value is -9.33. The Morgan fingerprint density at radius 3 is 1.58 bits per heavy atom. The van der Waals surface area contributed by atoms with E-state index in [-0.39, 0.29) is 94.6 Å². The average molecular weight is 1410 g/mol. The number of carboxylic acids is 1. The number of aromatic hydroxyl groups is 4. The number of esters is 3. The minimum absolute atomic E-state index is 0.0373. The molecule has 512 valence electrons. The Bertz CT molecular complexity index is 4380. The molecule has 4 aliphatic heterocycles. The Kier molecular flexibility index (Phi) is 21.4. The van der Waals surface area contributed by atoms with Crippen LogP contribution in [-0.2, 0) is 29.4 Å². The molecule has 0 saturated carbocycles. The van der Waals surface area contributed by atoms with Gasteiger partial charge in [0.1, 0.15) is 46.0 Å². The molecule has 22 heteroatoms. The zero-order chi connectivity index (χ0) is 70.7. The van der Waals surface area contributed by atoms with Crippen LogP contribution in [0.3, 0.4) is 0 Å². The molecule has 1 spiro atoms. The molecule has 4 aliphatic rings. The molecule has 12 rings (SSSR count). The number of halogens is 4. The first-order valence-corrected chi connectivity index (χ1v) is 33.5. The number of phenolic OH excluding ortho intramolecular Hbond substituents is 4. The van der Waals surface area contributed by atoms with Gasteiger partial charge in [0.15, 0.2) is 22.9 Å². The van der Waals surface area contributed by atoms with Crippen LogP contribution in [0, 0.1) is 0 Å². The van der Waals surface area contributed by atoms with Crippen molar-refractivity contribution >= 4 is 87.4 Å². The molecule has 5 N–H and O–H groups in total. The smallest absolute Gasteiger partial charge is 0.340 e. The quantitative estimate of drug-likeness (QED) is 0.0323. The lowest BCUT2D eigenvalue weighted by Crippen LogP contribution is -2.49. The van der Waals surface area contributed by atoms with Crippen molar-refractivity contribution in [1.82, 2.24) is 0 Å². The fraction of sp³-hybridized carbons (Fsp3) is 0.303. The number of phenols is 4. The van der Waals surface area contributed by atoms with Gasteiger partial charge in [-0.3, -0.25) is 14.4 Å². The van der Waals surface area contributed by atoms with Crippen molar-refractivity contribution in [2.75, 3.05) is 36.1 Å². The van der Waals surface area contributed by atoms with E-state index in [1.165, 1.54) is 48.5 Å². The zero-order valence-corrected chi connectivity index (χ0v) is 58.2. The number of ether oxygens (including phenoxy) is 6. The van der Waals surface area contributed by atoms with E-state index in [9.17, 15) is 49.5 Å². The highest BCUT2D eigenvalue weighted by Gasteiger charge is 2.54. The largest absolute Gasteiger partial charge is 0.508 e. The summed E-state index contributed by atoms with van der Waals surface area (Å²) in [6, 6.07) is 38.4. The van der Waals surface area contributed by atoms with Crippen molar-refractivity contribution in [3.05, 3.63) is 210 Å². The number of hydrogen-bond donors (Lipinski definition) is 5. The minimum Gasteiger partial charge on any atom is -0.508 e. The summed E-state index contributed by atoms with van der Waals surface area (Å²) in [4.78, 5) is 66.7. The highest BCUT2D eigenvalue weighted by molar-refractivity contribution is 6.38. The average Bonchev–Trinajstić information content (AvgIpc) is 1.40. The number of carbonyl (C=O) groups is 5. The van der Waals surface area contributed by atoms with Crippen LogP contribution in [0.5, 0.6) is 57.5 Å². The molecule has 0 aromatic heterocycles. The van der Waals surface area contributed by atoms with Gasteiger partial charge in [-0.1, -0.05) is 103 Å². The third kappa shape index (κ3) is 14.9. The second-order valence-electron chi connectivity index (χ2n) is 25.5. The van der Waals surface area contributed by atoms with E-state index in [2.05, 4.69) is 57.4 Å². The lowest BCUT2D eigenvalue weighted by atomic mass is 9.74. The van der Waals surface area contributed by atoms with E-state index < -0.39 is 23.3 Å². The third-order valence-corrected chi connectivity index (χ3v) is 18.9. The molecule has 8 aromatic rings. The molecule has 0 aliphatic carbocycles. The van der Waals surface area contributed by atoms with E-state index >= 15 is 0 Å². The summed E-state index contributed by atoms with van der Waals surface area (Å²) in [6.45, 7) is 18.5. The topological polar surface area (TPSA) is 248 Å². The van der Waals surface area contributed by atoms with Crippen LogP contribution in [0.2, 0.25) is 20.1 Å². The number of carboxylic acid groups (broad SMARTS) is 1. The summed E-state index contributed by atoms with van der Waals surface area (Å²) in [7, 11) is 0. The van der Waals surface area contributed by atoms with Crippen molar-refractivity contribution in [1.29, 1.82) is 0 Å². The minimum atomic E-state index is -1.25. The van der Waals surface area contributed by atoms with Gasteiger partial charge in [0.25, 0.3) is 0 Å². The zero-order valence-electron chi connectivity index (χ0n) is 55.1. The fourth-order valence-electron chi connectivity index (χ4n) is 13.5. The van der Waals surface area contributed by atoms with Gasteiger partial charge in [-0.25, -0.2) is 9.59 Å². The van der Waals surface area contributed by atoms with E-state index in [0.717, 1.165) is 46.5 Å². The first-order valence-electron chi connectivity index (χ1n) is 32.0. The SMILES string of the molecule is CCOC(=O)CCCN1c2cc(O)c(C(=O)c3ccccc3C(=O)O)cc2C(C)CC1(C)C.CCOC(=O)CCCN1c2cc3c(cc2C(C)CC1(C)C)C1(OC(=O)c2ccccc21)c1ccc(Oc2cc(Cl)c(O)c(Cl)c2)cc1O3.Oc1cccc(Oc2cc(Cl)c(O)c(Cl)c2)c1. The fourth-order valence-corrected chi connectivity index (χ4v) is 14.4. The molecule has 3 atom stereocenters. The highest BCUT2D eigenvalue weighted by Crippen LogP contribution is 2.60. The van der Waals surface area contributed by atoms with Crippen molar-refractivity contribution in [2.45, 2.75) is 122 Å². The van der Waals surface area contributed by atoms with Crippen LogP contribution in [0.25, 0.3) is 0 Å². The van der Waals surface area contributed by atoms with Crippen LogP contribution < -0.4 is 24.0 Å². The summed E-state index contributed by atoms with van der Waals surface area (Å²) in [6.07, 6.45) is 3.59. The molecule has 0 amide bonds. The third-order valence-electron chi connectivity index (χ3n) is 17.7. The van der Waals surface area contributed by atoms with E-state index in [1.807, 2.05) is 37.3 Å². The molecule has 0 saturated heterocycles. The van der Waals surface area contributed by atoms with Gasteiger partial charge < -0.3 is 63.8 Å². The van der Waals surface area contributed by atoms with Gasteiger partial charge >= 0.3 is 23.9 Å². The maximum Gasteiger partial charge on any atom is 0.340 e. The van der Waals surface area contributed by atoms with Crippen molar-refractivity contribution in [3.8, 4) is 57.5 Å². The Morgan fingerprint density at radius 2 is 1.04 bits per heavy atom. The number of rotatable bonds is 17.